The molecule has 1 fully saturated rings. The summed E-state index contributed by atoms with van der Waals surface area (Å²) in [4.78, 5) is 25.6. The van der Waals surface area contributed by atoms with E-state index in [-0.39, 0.29) is 30.2 Å². The van der Waals surface area contributed by atoms with E-state index in [1.54, 1.807) is 24.1 Å². The first-order valence-electron chi connectivity index (χ1n) is 7.35. The van der Waals surface area contributed by atoms with Crippen LogP contribution in [0.25, 0.3) is 0 Å². The van der Waals surface area contributed by atoms with Crippen molar-refractivity contribution in [3.05, 3.63) is 33.8 Å². The first-order chi connectivity index (χ1) is 10.4. The highest BCUT2D eigenvalue weighted by Crippen LogP contribution is 2.22. The van der Waals surface area contributed by atoms with E-state index in [1.807, 2.05) is 13.0 Å². The number of nitrogens with one attached hydrogen (secondary N) is 1. The lowest BCUT2D eigenvalue weighted by Gasteiger charge is -2.28. The van der Waals surface area contributed by atoms with Crippen LogP contribution in [0.4, 0.5) is 0 Å². The zero-order valence-corrected chi connectivity index (χ0v) is 14.2. The van der Waals surface area contributed by atoms with Crippen LogP contribution < -0.4 is 5.32 Å². The molecular formula is C16H20Cl2N2O2. The van der Waals surface area contributed by atoms with Gasteiger partial charge in [-0.1, -0.05) is 29.3 Å². The van der Waals surface area contributed by atoms with E-state index in [0.717, 1.165) is 5.56 Å². The zero-order chi connectivity index (χ0) is 16.3. The minimum atomic E-state index is -0.230. The lowest BCUT2D eigenvalue weighted by atomic mass is 9.95. The first kappa shape index (κ1) is 17.1. The number of amides is 2. The molecule has 1 saturated heterocycles. The van der Waals surface area contributed by atoms with E-state index in [9.17, 15) is 9.59 Å². The van der Waals surface area contributed by atoms with Crippen LogP contribution in [0.2, 0.25) is 10.0 Å². The Hall–Kier alpha value is -1.26. The van der Waals surface area contributed by atoms with Crippen LogP contribution in [0.3, 0.4) is 0 Å². The molecule has 0 aliphatic carbocycles. The van der Waals surface area contributed by atoms with Gasteiger partial charge in [0.15, 0.2) is 0 Å². The summed E-state index contributed by atoms with van der Waals surface area (Å²) in [5.74, 6) is -0.259. The highest BCUT2D eigenvalue weighted by molar-refractivity contribution is 6.35. The van der Waals surface area contributed by atoms with Gasteiger partial charge in [0.1, 0.15) is 0 Å². The monoisotopic (exact) mass is 342 g/mol. The Bertz CT molecular complexity index is 577. The minimum Gasteiger partial charge on any atom is -0.353 e. The van der Waals surface area contributed by atoms with Gasteiger partial charge in [-0.3, -0.25) is 9.59 Å². The van der Waals surface area contributed by atoms with Gasteiger partial charge in [-0.2, -0.15) is 0 Å². The summed E-state index contributed by atoms with van der Waals surface area (Å²) in [6, 6.07) is 5.29. The van der Waals surface area contributed by atoms with Crippen molar-refractivity contribution in [3.63, 3.8) is 0 Å². The van der Waals surface area contributed by atoms with Crippen LogP contribution in [0, 0.1) is 5.92 Å². The number of halogens is 2. The molecule has 0 spiro atoms. The summed E-state index contributed by atoms with van der Waals surface area (Å²) in [6.45, 7) is 2.56. The van der Waals surface area contributed by atoms with Crippen molar-refractivity contribution in [2.75, 3.05) is 13.6 Å². The van der Waals surface area contributed by atoms with E-state index < -0.39 is 0 Å². The van der Waals surface area contributed by atoms with Gasteiger partial charge >= 0.3 is 0 Å². The third-order valence-corrected chi connectivity index (χ3v) is 4.55. The van der Waals surface area contributed by atoms with E-state index in [0.29, 0.717) is 29.4 Å². The van der Waals surface area contributed by atoms with Gasteiger partial charge in [0.25, 0.3) is 0 Å². The second-order valence-electron chi connectivity index (χ2n) is 5.85. The Morgan fingerprint density at radius 1 is 1.45 bits per heavy atom. The lowest BCUT2D eigenvalue weighted by Crippen LogP contribution is -2.44. The minimum absolute atomic E-state index is 0.0276. The summed E-state index contributed by atoms with van der Waals surface area (Å²) < 4.78 is 0. The lowest BCUT2D eigenvalue weighted by molar-refractivity contribution is -0.139. The summed E-state index contributed by atoms with van der Waals surface area (Å²) in [5.41, 5.74) is 0.943. The number of rotatable bonds is 4. The van der Waals surface area contributed by atoms with Gasteiger partial charge in [-0.25, -0.2) is 0 Å². The van der Waals surface area contributed by atoms with Crippen LogP contribution in [0.15, 0.2) is 18.2 Å². The molecule has 2 amide bonds. The fraction of sp³-hybridized carbons (Fsp3) is 0.500. The maximum Gasteiger partial charge on any atom is 0.223 e. The van der Waals surface area contributed by atoms with Gasteiger partial charge in [-0.15, -0.1) is 0 Å². The molecule has 0 saturated carbocycles. The second kappa shape index (κ2) is 7.34. The Balaban J connectivity index is 1.90. The number of carbonyl (C=O) groups is 2. The quantitative estimate of drug-likeness (QED) is 0.914. The third kappa shape index (κ3) is 4.37. The van der Waals surface area contributed by atoms with Gasteiger partial charge < -0.3 is 10.2 Å². The van der Waals surface area contributed by atoms with Crippen LogP contribution in [-0.4, -0.2) is 36.3 Å². The number of carbonyl (C=O) groups excluding carboxylic acids is 2. The number of benzene rings is 1. The van der Waals surface area contributed by atoms with Crippen molar-refractivity contribution in [1.29, 1.82) is 0 Å². The molecule has 1 aliphatic rings. The van der Waals surface area contributed by atoms with Gasteiger partial charge in [-0.05, 0) is 37.5 Å². The molecule has 2 atom stereocenters. The molecule has 120 valence electrons. The molecule has 1 aromatic carbocycles. The highest BCUT2D eigenvalue weighted by atomic mass is 35.5. The van der Waals surface area contributed by atoms with Gasteiger partial charge in [0.05, 0.1) is 0 Å². The molecule has 0 bridgehead atoms. The van der Waals surface area contributed by atoms with Crippen LogP contribution in [0.1, 0.15) is 25.3 Å². The first-order valence-corrected chi connectivity index (χ1v) is 8.10. The fourth-order valence-corrected chi connectivity index (χ4v) is 3.08. The Morgan fingerprint density at radius 3 is 2.82 bits per heavy atom. The van der Waals surface area contributed by atoms with Crippen LogP contribution in [-0.2, 0) is 16.0 Å². The zero-order valence-electron chi connectivity index (χ0n) is 12.7. The van der Waals surface area contributed by atoms with E-state index in [4.69, 9.17) is 23.2 Å². The second-order valence-corrected chi connectivity index (χ2v) is 6.70. The van der Waals surface area contributed by atoms with Crippen molar-refractivity contribution in [2.24, 2.45) is 5.92 Å². The normalized spacial score (nSPS) is 19.9. The highest BCUT2D eigenvalue weighted by Gasteiger charge is 2.29. The summed E-state index contributed by atoms with van der Waals surface area (Å²) in [6.07, 6.45) is 1.63. The molecular weight excluding hydrogens is 323 g/mol. The molecule has 4 nitrogen and oxygen atoms in total. The number of hydrogen-bond donors (Lipinski definition) is 1. The topological polar surface area (TPSA) is 49.4 Å². The number of piperidine rings is 1. The number of hydrogen-bond acceptors (Lipinski definition) is 2. The standard InChI is InChI=1S/C16H20Cl2N2O2/c1-10(7-11-3-4-13(17)9-14(11)18)19-16(22)12-5-6-20(2)15(21)8-12/h3-4,9-10,12H,5-8H2,1-2H3,(H,19,22)/t10-,12+/m1/s1. The smallest absolute Gasteiger partial charge is 0.223 e. The van der Waals surface area contributed by atoms with E-state index in [1.165, 1.54) is 0 Å². The van der Waals surface area contributed by atoms with Crippen molar-refractivity contribution < 1.29 is 9.59 Å². The molecule has 0 radical (unpaired) electrons. The van der Waals surface area contributed by atoms with E-state index >= 15 is 0 Å². The van der Waals surface area contributed by atoms with Gasteiger partial charge in [0, 0.05) is 42.0 Å². The van der Waals surface area contributed by atoms with E-state index in [2.05, 4.69) is 5.32 Å². The third-order valence-electron chi connectivity index (χ3n) is 3.96. The maximum absolute atomic E-state index is 12.3. The molecule has 1 aliphatic heterocycles. The molecule has 22 heavy (non-hydrogen) atoms. The van der Waals surface area contributed by atoms with Crippen LogP contribution in [0.5, 0.6) is 0 Å². The molecule has 0 aromatic heterocycles. The summed E-state index contributed by atoms with van der Waals surface area (Å²) in [5, 5.41) is 4.17. The SMILES string of the molecule is C[C@H](Cc1ccc(Cl)cc1Cl)NC(=O)[C@H]1CCN(C)C(=O)C1. The number of likely N-dealkylation sites (tertiary alicyclic amines) is 1. The molecule has 6 heteroatoms. The Kier molecular flexibility index (Phi) is 5.70. The Morgan fingerprint density at radius 2 is 2.18 bits per heavy atom. The van der Waals surface area contributed by atoms with Crippen molar-refractivity contribution in [2.45, 2.75) is 32.2 Å². The molecule has 1 aromatic rings. The summed E-state index contributed by atoms with van der Waals surface area (Å²) >= 11 is 12.0. The summed E-state index contributed by atoms with van der Waals surface area (Å²) in [7, 11) is 1.77. The van der Waals surface area contributed by atoms with Crippen molar-refractivity contribution in [3.8, 4) is 0 Å². The average molecular weight is 343 g/mol. The maximum atomic E-state index is 12.3. The Labute approximate surface area is 140 Å². The van der Waals surface area contributed by atoms with Gasteiger partial charge in [0.2, 0.25) is 11.8 Å². The molecule has 2 rings (SSSR count). The average Bonchev–Trinajstić information content (AvgIpc) is 2.45. The van der Waals surface area contributed by atoms with Crippen molar-refractivity contribution >= 4 is 35.0 Å². The fourth-order valence-electron chi connectivity index (χ4n) is 2.60. The molecule has 1 heterocycles. The molecule has 0 unspecified atom stereocenters. The van der Waals surface area contributed by atoms with Crippen LogP contribution >= 0.6 is 23.2 Å². The predicted octanol–water partition coefficient (Wildman–Crippen LogP) is 2.91. The molecule has 1 N–H and O–H groups in total. The van der Waals surface area contributed by atoms with Crippen molar-refractivity contribution in [1.82, 2.24) is 10.2 Å². The largest absolute Gasteiger partial charge is 0.353 e. The predicted molar refractivity (Wildman–Crippen MR) is 88.1 cm³/mol. The number of nitrogens with zero attached hydrogens (tertiary/aromatic N) is 1.